The topological polar surface area (TPSA) is 0 Å². The zero-order chi connectivity index (χ0) is 18.2. The van der Waals surface area contributed by atoms with Gasteiger partial charge in [0.15, 0.2) is 0 Å². The Labute approximate surface area is 166 Å². The van der Waals surface area contributed by atoms with E-state index in [0.717, 1.165) is 0 Å². The second kappa shape index (κ2) is 16.1. The van der Waals surface area contributed by atoms with Crippen LogP contribution >= 0.6 is 23.5 Å². The summed E-state index contributed by atoms with van der Waals surface area (Å²) in [5, 5.41) is 0. The molecule has 0 aliphatic carbocycles. The van der Waals surface area contributed by atoms with Crippen molar-refractivity contribution in [2.45, 2.75) is 108 Å². The van der Waals surface area contributed by atoms with E-state index in [2.05, 4.69) is 62.5 Å². The van der Waals surface area contributed by atoms with Gasteiger partial charge in [-0.25, -0.2) is 0 Å². The van der Waals surface area contributed by atoms with Crippen LogP contribution in [0, 0.1) is 0 Å². The minimum Gasteiger partial charge on any atom is -0.126 e. The molecule has 0 saturated heterocycles. The minimum absolute atomic E-state index is 1.23. The van der Waals surface area contributed by atoms with E-state index in [0.29, 0.717) is 0 Å². The van der Waals surface area contributed by atoms with Crippen LogP contribution in [0.25, 0.3) is 0 Å². The molecule has 0 aromatic heterocycles. The van der Waals surface area contributed by atoms with Gasteiger partial charge in [-0.1, -0.05) is 84.6 Å². The lowest BCUT2D eigenvalue weighted by atomic mass is 10.1. The van der Waals surface area contributed by atoms with Crippen LogP contribution in [0.4, 0.5) is 0 Å². The first kappa shape index (κ1) is 23.0. The maximum absolute atomic E-state index is 2.35. The van der Waals surface area contributed by atoms with Gasteiger partial charge in [0.1, 0.15) is 0 Å². The van der Waals surface area contributed by atoms with E-state index in [1.807, 2.05) is 0 Å². The number of hydrogen-bond donors (Lipinski definition) is 0. The molecule has 1 rings (SSSR count). The molecule has 0 nitrogen and oxygen atoms in total. The first-order chi connectivity index (χ1) is 12.3. The van der Waals surface area contributed by atoms with Gasteiger partial charge in [0.2, 0.25) is 0 Å². The number of rotatable bonds is 16. The molecule has 0 aliphatic rings. The number of unbranched alkanes of at least 4 members (excludes halogenated alkanes) is 8. The van der Waals surface area contributed by atoms with Crippen molar-refractivity contribution in [1.29, 1.82) is 0 Å². The highest BCUT2D eigenvalue weighted by Crippen LogP contribution is 2.33. The first-order valence-electron chi connectivity index (χ1n) is 10.7. The van der Waals surface area contributed by atoms with Crippen LogP contribution in [0.3, 0.4) is 0 Å². The molecule has 0 atom stereocenters. The van der Waals surface area contributed by atoms with E-state index in [1.165, 1.54) is 88.6 Å². The first-order valence-corrected chi connectivity index (χ1v) is 12.7. The molecular formula is C23H40S2. The molecule has 0 amide bonds. The molecule has 0 saturated carbocycles. The van der Waals surface area contributed by atoms with Crippen LogP contribution < -0.4 is 0 Å². The second-order valence-electron chi connectivity index (χ2n) is 7.01. The average Bonchev–Trinajstić information content (AvgIpc) is 2.63. The predicted octanol–water partition coefficient (Wildman–Crippen LogP) is 8.76. The van der Waals surface area contributed by atoms with E-state index in [1.54, 1.807) is 15.4 Å². The summed E-state index contributed by atoms with van der Waals surface area (Å²) in [6, 6.07) is 6.98. The average molecular weight is 381 g/mol. The standard InChI is InChI=1S/C23H40S2/c1-4-7-9-11-13-19-24-22-17-15-18-23(21(22)16-6-3)25-20-14-12-10-8-5-2/h15,17-18H,4-14,16,19-20H2,1-3H3. The highest BCUT2D eigenvalue weighted by Gasteiger charge is 2.09. The van der Waals surface area contributed by atoms with Crippen molar-refractivity contribution >= 4 is 23.5 Å². The Morgan fingerprint density at radius 2 is 1.08 bits per heavy atom. The van der Waals surface area contributed by atoms with Gasteiger partial charge < -0.3 is 0 Å². The molecule has 1 aromatic rings. The van der Waals surface area contributed by atoms with Crippen molar-refractivity contribution in [3.63, 3.8) is 0 Å². The number of thioether (sulfide) groups is 2. The largest absolute Gasteiger partial charge is 0.126 e. The fourth-order valence-electron chi connectivity index (χ4n) is 3.09. The van der Waals surface area contributed by atoms with E-state index in [9.17, 15) is 0 Å². The monoisotopic (exact) mass is 380 g/mol. The van der Waals surface area contributed by atoms with Crippen LogP contribution in [0.15, 0.2) is 28.0 Å². The summed E-state index contributed by atoms with van der Waals surface area (Å²) in [7, 11) is 0. The van der Waals surface area contributed by atoms with Crippen molar-refractivity contribution in [2.75, 3.05) is 11.5 Å². The highest BCUT2D eigenvalue weighted by molar-refractivity contribution is 8.00. The fraction of sp³-hybridized carbons (Fsp3) is 0.739. The normalized spacial score (nSPS) is 11.2. The predicted molar refractivity (Wildman–Crippen MR) is 119 cm³/mol. The van der Waals surface area contributed by atoms with Gasteiger partial charge in [0, 0.05) is 9.79 Å². The van der Waals surface area contributed by atoms with Crippen LogP contribution in [0.1, 0.15) is 97.0 Å². The van der Waals surface area contributed by atoms with Gasteiger partial charge in [-0.15, -0.1) is 23.5 Å². The van der Waals surface area contributed by atoms with Crippen LogP contribution in [-0.2, 0) is 6.42 Å². The lowest BCUT2D eigenvalue weighted by Gasteiger charge is -2.14. The summed E-state index contributed by atoms with van der Waals surface area (Å²) in [6.45, 7) is 6.89. The minimum atomic E-state index is 1.23. The Kier molecular flexibility index (Phi) is 14.8. The zero-order valence-electron chi connectivity index (χ0n) is 16.9. The third-order valence-electron chi connectivity index (χ3n) is 4.60. The van der Waals surface area contributed by atoms with Crippen molar-refractivity contribution in [1.82, 2.24) is 0 Å². The number of benzene rings is 1. The lowest BCUT2D eigenvalue weighted by Crippen LogP contribution is -1.94. The third-order valence-corrected chi connectivity index (χ3v) is 6.97. The van der Waals surface area contributed by atoms with E-state index in [-0.39, 0.29) is 0 Å². The van der Waals surface area contributed by atoms with Crippen molar-refractivity contribution in [3.8, 4) is 0 Å². The molecule has 144 valence electrons. The molecule has 0 radical (unpaired) electrons. The van der Waals surface area contributed by atoms with Crippen molar-refractivity contribution in [2.24, 2.45) is 0 Å². The lowest BCUT2D eigenvalue weighted by molar-refractivity contribution is 0.659. The Balaban J connectivity index is 2.45. The molecule has 1 aromatic carbocycles. The van der Waals surface area contributed by atoms with Crippen LogP contribution in [0.2, 0.25) is 0 Å². The fourth-order valence-corrected chi connectivity index (χ4v) is 5.41. The van der Waals surface area contributed by atoms with Gasteiger partial charge in [-0.3, -0.25) is 0 Å². The van der Waals surface area contributed by atoms with Crippen LogP contribution in [-0.4, -0.2) is 11.5 Å². The number of hydrogen-bond acceptors (Lipinski definition) is 2. The smallest absolute Gasteiger partial charge is 0.0115 e. The maximum atomic E-state index is 2.35. The molecule has 0 heterocycles. The molecule has 25 heavy (non-hydrogen) atoms. The quantitative estimate of drug-likeness (QED) is 0.207. The second-order valence-corrected chi connectivity index (χ2v) is 9.28. The molecule has 0 N–H and O–H groups in total. The Hall–Kier alpha value is -0.0800. The molecule has 0 spiro atoms. The SMILES string of the molecule is CCCCCCCSc1cccc(SCCCCCCC)c1CCC. The van der Waals surface area contributed by atoms with E-state index < -0.39 is 0 Å². The van der Waals surface area contributed by atoms with Crippen molar-refractivity contribution < 1.29 is 0 Å². The van der Waals surface area contributed by atoms with Crippen LogP contribution in [0.5, 0.6) is 0 Å². The third kappa shape index (κ3) is 10.6. The summed E-state index contributed by atoms with van der Waals surface area (Å²) in [6.07, 6.45) is 16.3. The summed E-state index contributed by atoms with van der Waals surface area (Å²) in [5.41, 5.74) is 1.63. The molecule has 0 fully saturated rings. The van der Waals surface area contributed by atoms with Gasteiger partial charge in [0.05, 0.1) is 0 Å². The Morgan fingerprint density at radius 3 is 1.52 bits per heavy atom. The highest BCUT2D eigenvalue weighted by atomic mass is 32.2. The summed E-state index contributed by atoms with van der Waals surface area (Å²) in [4.78, 5) is 3.10. The Morgan fingerprint density at radius 1 is 0.600 bits per heavy atom. The van der Waals surface area contributed by atoms with Gasteiger partial charge in [-0.2, -0.15) is 0 Å². The van der Waals surface area contributed by atoms with Gasteiger partial charge >= 0.3 is 0 Å². The van der Waals surface area contributed by atoms with Crippen molar-refractivity contribution in [3.05, 3.63) is 23.8 Å². The van der Waals surface area contributed by atoms with E-state index >= 15 is 0 Å². The molecule has 2 heteroatoms. The van der Waals surface area contributed by atoms with E-state index in [4.69, 9.17) is 0 Å². The summed E-state index contributed by atoms with van der Waals surface area (Å²) in [5.74, 6) is 2.57. The molecular weight excluding hydrogens is 340 g/mol. The van der Waals surface area contributed by atoms with Gasteiger partial charge in [-0.05, 0) is 48.5 Å². The maximum Gasteiger partial charge on any atom is 0.0115 e. The Bertz CT molecular complexity index is 394. The molecule has 0 bridgehead atoms. The molecule has 0 aliphatic heterocycles. The summed E-state index contributed by atoms with van der Waals surface area (Å²) >= 11 is 4.19. The molecule has 0 unspecified atom stereocenters. The summed E-state index contributed by atoms with van der Waals surface area (Å²) < 4.78 is 0. The zero-order valence-corrected chi connectivity index (χ0v) is 18.6. The van der Waals surface area contributed by atoms with Gasteiger partial charge in [0.25, 0.3) is 0 Å².